The van der Waals surface area contributed by atoms with Crippen molar-refractivity contribution < 1.29 is 21.6 Å². The molecule has 0 bridgehead atoms. The number of piperidine rings is 1. The largest absolute Gasteiger partial charge is 0.410 e. The lowest BCUT2D eigenvalue weighted by atomic mass is 9.94. The Morgan fingerprint density at radius 2 is 2.04 bits per heavy atom. The van der Waals surface area contributed by atoms with Gasteiger partial charge in [0.25, 0.3) is 0 Å². The van der Waals surface area contributed by atoms with Crippen LogP contribution in [0.2, 0.25) is 0 Å². The van der Waals surface area contributed by atoms with Crippen LogP contribution in [-0.2, 0) is 10.0 Å². The maximum absolute atomic E-state index is 13.6. The fraction of sp³-hybridized carbons (Fsp3) is 0.824. The molecule has 6 nitrogen and oxygen atoms in total. The highest BCUT2D eigenvalue weighted by atomic mass is 32.2. The van der Waals surface area contributed by atoms with Gasteiger partial charge in [0.15, 0.2) is 6.04 Å². The van der Waals surface area contributed by atoms with E-state index < -0.39 is 28.3 Å². The molecule has 3 heterocycles. The number of hydrogen-bond donors (Lipinski definition) is 1. The molecule has 0 aliphatic carbocycles. The number of rotatable bonds is 4. The van der Waals surface area contributed by atoms with Crippen molar-refractivity contribution in [3.8, 4) is 0 Å². The second-order valence-electron chi connectivity index (χ2n) is 7.71. The van der Waals surface area contributed by atoms with E-state index in [0.717, 1.165) is 17.5 Å². The van der Waals surface area contributed by atoms with Crippen LogP contribution in [0.3, 0.4) is 0 Å². The molecular weight excluding hydrogens is 381 g/mol. The second-order valence-corrected chi connectivity index (χ2v) is 9.92. The van der Waals surface area contributed by atoms with Crippen LogP contribution in [0.5, 0.6) is 0 Å². The van der Waals surface area contributed by atoms with E-state index in [2.05, 4.69) is 10.4 Å². The van der Waals surface area contributed by atoms with E-state index in [1.54, 1.807) is 13.0 Å². The minimum absolute atomic E-state index is 0.0318. The summed E-state index contributed by atoms with van der Waals surface area (Å²) in [6.07, 6.45) is -2.35. The van der Waals surface area contributed by atoms with E-state index >= 15 is 0 Å². The summed E-state index contributed by atoms with van der Waals surface area (Å²) in [6.45, 7) is 5.73. The maximum Gasteiger partial charge on any atom is 0.410 e. The molecule has 0 unspecified atom stereocenters. The Bertz CT molecular complexity index is 776. The molecule has 0 amide bonds. The number of anilines is 1. The third-order valence-corrected chi connectivity index (χ3v) is 7.44. The van der Waals surface area contributed by atoms with Crippen molar-refractivity contribution >= 4 is 15.8 Å². The molecular formula is C17H27F3N4O2S. The summed E-state index contributed by atoms with van der Waals surface area (Å²) in [6, 6.07) is -0.915. The van der Waals surface area contributed by atoms with E-state index in [1.807, 2.05) is 13.8 Å². The Kier molecular flexibility index (Phi) is 5.51. The minimum Gasteiger partial charge on any atom is -0.367 e. The van der Waals surface area contributed by atoms with Gasteiger partial charge >= 0.3 is 6.18 Å². The highest BCUT2D eigenvalue weighted by molar-refractivity contribution is 7.89. The summed E-state index contributed by atoms with van der Waals surface area (Å²) in [5.41, 5.74) is 0.396. The van der Waals surface area contributed by atoms with Crippen LogP contribution in [0.4, 0.5) is 19.0 Å². The Balaban J connectivity index is 2.00. The summed E-state index contributed by atoms with van der Waals surface area (Å²) < 4.78 is 68.2. The number of alkyl halides is 3. The lowest BCUT2D eigenvalue weighted by molar-refractivity contribution is -0.174. The average Bonchev–Trinajstić information content (AvgIpc) is 3.03. The maximum atomic E-state index is 13.6. The molecule has 2 aliphatic rings. The van der Waals surface area contributed by atoms with E-state index in [0.29, 0.717) is 24.5 Å². The van der Waals surface area contributed by atoms with Gasteiger partial charge in [0.1, 0.15) is 5.82 Å². The molecule has 1 saturated heterocycles. The molecule has 0 spiro atoms. The summed E-state index contributed by atoms with van der Waals surface area (Å²) in [5.74, 6) is 0.320. The zero-order chi connectivity index (χ0) is 20.0. The topological polar surface area (TPSA) is 67.2 Å². The highest BCUT2D eigenvalue weighted by Crippen LogP contribution is 2.42. The Morgan fingerprint density at radius 1 is 1.33 bits per heavy atom. The lowest BCUT2D eigenvalue weighted by Crippen LogP contribution is -2.41. The van der Waals surface area contributed by atoms with Gasteiger partial charge in [-0.05, 0) is 32.1 Å². The molecule has 10 heteroatoms. The van der Waals surface area contributed by atoms with Gasteiger partial charge in [-0.2, -0.15) is 22.6 Å². The first-order valence-corrected chi connectivity index (χ1v) is 11.1. The van der Waals surface area contributed by atoms with E-state index in [9.17, 15) is 21.6 Å². The van der Waals surface area contributed by atoms with E-state index in [4.69, 9.17) is 0 Å². The summed E-state index contributed by atoms with van der Waals surface area (Å²) >= 11 is 0. The average molecular weight is 408 g/mol. The third kappa shape index (κ3) is 3.96. The van der Waals surface area contributed by atoms with Crippen LogP contribution in [0.1, 0.15) is 64.2 Å². The van der Waals surface area contributed by atoms with Crippen LogP contribution >= 0.6 is 0 Å². The molecule has 3 atom stereocenters. The minimum atomic E-state index is -4.41. The van der Waals surface area contributed by atoms with Gasteiger partial charge in [0, 0.05) is 18.7 Å². The first kappa shape index (κ1) is 20.4. The number of sulfonamides is 1. The van der Waals surface area contributed by atoms with Crippen LogP contribution in [0.25, 0.3) is 0 Å². The predicted octanol–water partition coefficient (Wildman–Crippen LogP) is 3.70. The molecule has 0 radical (unpaired) electrons. The van der Waals surface area contributed by atoms with Crippen molar-refractivity contribution in [2.75, 3.05) is 17.6 Å². The second kappa shape index (κ2) is 7.27. The standard InChI is InChI=1S/C17H27F3N4O2S/c1-4-27(25,26)23-8-6-5-7-14(23)13-10-16-21-12(11(2)3)9-15(17(18,19)20)24(16)22-13/h10-12,14-15,21H,4-9H2,1-3H3/t12-,14-,15+/m0/s1. The number of nitrogens with one attached hydrogen (secondary N) is 1. The summed E-state index contributed by atoms with van der Waals surface area (Å²) in [7, 11) is -3.44. The van der Waals surface area contributed by atoms with Crippen molar-refractivity contribution in [1.82, 2.24) is 14.1 Å². The zero-order valence-corrected chi connectivity index (χ0v) is 16.6. The first-order chi connectivity index (χ1) is 12.5. The third-order valence-electron chi connectivity index (χ3n) is 5.56. The molecule has 1 fully saturated rings. The highest BCUT2D eigenvalue weighted by Gasteiger charge is 2.47. The monoisotopic (exact) mass is 408 g/mol. The van der Waals surface area contributed by atoms with Crippen LogP contribution in [0, 0.1) is 5.92 Å². The van der Waals surface area contributed by atoms with Gasteiger partial charge in [-0.15, -0.1) is 0 Å². The Hall–Kier alpha value is -1.29. The van der Waals surface area contributed by atoms with Gasteiger partial charge in [0.05, 0.1) is 17.5 Å². The number of nitrogens with zero attached hydrogens (tertiary/aromatic N) is 3. The molecule has 0 aromatic carbocycles. The summed E-state index contributed by atoms with van der Waals surface area (Å²) in [4.78, 5) is 0. The van der Waals surface area contributed by atoms with Crippen molar-refractivity contribution in [2.45, 2.75) is 70.8 Å². The van der Waals surface area contributed by atoms with Gasteiger partial charge < -0.3 is 5.32 Å². The molecule has 154 valence electrons. The predicted molar refractivity (Wildman–Crippen MR) is 96.9 cm³/mol. The fourth-order valence-electron chi connectivity index (χ4n) is 3.92. The number of halogens is 3. The number of aromatic nitrogens is 2. The molecule has 1 aromatic heterocycles. The molecule has 27 heavy (non-hydrogen) atoms. The first-order valence-electron chi connectivity index (χ1n) is 9.46. The molecule has 1 N–H and O–H groups in total. The normalized spacial score (nSPS) is 27.4. The van der Waals surface area contributed by atoms with Gasteiger partial charge in [-0.25, -0.2) is 13.1 Å². The smallest absolute Gasteiger partial charge is 0.367 e. The number of hydrogen-bond acceptors (Lipinski definition) is 4. The SMILES string of the molecule is CCS(=O)(=O)N1CCCC[C@H]1c1cc2n(n1)[C@@H](C(F)(F)F)C[C@@H](C(C)C)N2. The molecule has 3 rings (SSSR count). The Labute approximate surface area is 158 Å². The van der Waals surface area contributed by atoms with Crippen molar-refractivity contribution in [3.05, 3.63) is 11.8 Å². The van der Waals surface area contributed by atoms with Gasteiger partial charge in [-0.1, -0.05) is 20.3 Å². The van der Waals surface area contributed by atoms with Crippen LogP contribution in [-0.4, -0.2) is 47.0 Å². The fourth-order valence-corrected chi connectivity index (χ4v) is 5.26. The van der Waals surface area contributed by atoms with Gasteiger partial charge in [0.2, 0.25) is 10.0 Å². The lowest BCUT2D eigenvalue weighted by Gasteiger charge is -2.35. The summed E-state index contributed by atoms with van der Waals surface area (Å²) in [5, 5.41) is 7.40. The van der Waals surface area contributed by atoms with Crippen molar-refractivity contribution in [1.29, 1.82) is 0 Å². The van der Waals surface area contributed by atoms with Crippen LogP contribution < -0.4 is 5.32 Å². The molecule has 1 aromatic rings. The van der Waals surface area contributed by atoms with Gasteiger partial charge in [-0.3, -0.25) is 0 Å². The molecule has 2 aliphatic heterocycles. The van der Waals surface area contributed by atoms with E-state index in [-0.39, 0.29) is 24.1 Å². The Morgan fingerprint density at radius 3 is 2.63 bits per heavy atom. The van der Waals surface area contributed by atoms with E-state index in [1.165, 1.54) is 4.31 Å². The van der Waals surface area contributed by atoms with Crippen molar-refractivity contribution in [2.24, 2.45) is 5.92 Å². The molecule has 0 saturated carbocycles. The number of fused-ring (bicyclic) bond motifs is 1. The van der Waals surface area contributed by atoms with Crippen LogP contribution in [0.15, 0.2) is 6.07 Å². The quantitative estimate of drug-likeness (QED) is 0.825. The van der Waals surface area contributed by atoms with Crippen molar-refractivity contribution in [3.63, 3.8) is 0 Å². The zero-order valence-electron chi connectivity index (χ0n) is 15.8.